The van der Waals surface area contributed by atoms with Crippen molar-refractivity contribution < 1.29 is 9.90 Å². The zero-order valence-corrected chi connectivity index (χ0v) is 12.8. The third kappa shape index (κ3) is 4.61. The maximum absolute atomic E-state index is 12.0. The Hall–Kier alpha value is -1.80. The Kier molecular flexibility index (Phi) is 5.82. The molecule has 2 aromatic rings. The molecule has 1 aromatic heterocycles. The van der Waals surface area contributed by atoms with Crippen molar-refractivity contribution in [2.24, 2.45) is 0 Å². The monoisotopic (exact) mass is 319 g/mol. The van der Waals surface area contributed by atoms with E-state index < -0.39 is 0 Å². The maximum Gasteiger partial charge on any atom is 0.251 e. The Morgan fingerprint density at radius 1 is 1.38 bits per heavy atom. The zero-order valence-electron chi connectivity index (χ0n) is 11.2. The third-order valence-electron chi connectivity index (χ3n) is 2.81. The molecule has 0 bridgehead atoms. The SMILES string of the molecule is O=C(NCCc1ccsc1)c1ccc(C#CCO)c(Cl)c1. The fourth-order valence-electron chi connectivity index (χ4n) is 1.75. The van der Waals surface area contributed by atoms with Crippen LogP contribution in [-0.4, -0.2) is 24.2 Å². The van der Waals surface area contributed by atoms with Crippen LogP contribution in [0.15, 0.2) is 35.0 Å². The molecule has 0 radical (unpaired) electrons. The summed E-state index contributed by atoms with van der Waals surface area (Å²) in [4.78, 5) is 12.0. The molecule has 108 valence electrons. The van der Waals surface area contributed by atoms with E-state index in [2.05, 4.69) is 22.5 Å². The topological polar surface area (TPSA) is 49.3 Å². The second-order valence-corrected chi connectivity index (χ2v) is 5.48. The van der Waals surface area contributed by atoms with Crippen molar-refractivity contribution in [1.29, 1.82) is 0 Å². The molecule has 5 heteroatoms. The van der Waals surface area contributed by atoms with Crippen LogP contribution in [0.4, 0.5) is 0 Å². The molecule has 0 aliphatic rings. The van der Waals surface area contributed by atoms with E-state index in [0.29, 0.717) is 22.7 Å². The minimum atomic E-state index is -0.221. The van der Waals surface area contributed by atoms with Crippen molar-refractivity contribution in [3.8, 4) is 11.8 Å². The van der Waals surface area contributed by atoms with Gasteiger partial charge in [-0.25, -0.2) is 0 Å². The molecular formula is C16H14ClNO2S. The van der Waals surface area contributed by atoms with Crippen LogP contribution >= 0.6 is 22.9 Å². The van der Waals surface area contributed by atoms with Crippen molar-refractivity contribution in [3.63, 3.8) is 0 Å². The summed E-state index contributed by atoms with van der Waals surface area (Å²) in [6.45, 7) is 0.362. The van der Waals surface area contributed by atoms with Crippen LogP contribution in [0.1, 0.15) is 21.5 Å². The number of carbonyl (C=O) groups is 1. The Balaban J connectivity index is 1.94. The Morgan fingerprint density at radius 3 is 2.90 bits per heavy atom. The predicted octanol–water partition coefficient (Wildman–Crippen LogP) is 2.72. The average molecular weight is 320 g/mol. The summed E-state index contributed by atoms with van der Waals surface area (Å²) in [7, 11) is 0. The van der Waals surface area contributed by atoms with Gasteiger partial charge in [-0.2, -0.15) is 11.3 Å². The van der Waals surface area contributed by atoms with Gasteiger partial charge >= 0.3 is 0 Å². The lowest BCUT2D eigenvalue weighted by molar-refractivity contribution is 0.0954. The second-order valence-electron chi connectivity index (χ2n) is 4.29. The van der Waals surface area contributed by atoms with Crippen LogP contribution in [0.5, 0.6) is 0 Å². The summed E-state index contributed by atoms with van der Waals surface area (Å²) in [6, 6.07) is 6.98. The normalized spacial score (nSPS) is 9.81. The highest BCUT2D eigenvalue weighted by molar-refractivity contribution is 7.07. The first-order valence-corrected chi connectivity index (χ1v) is 7.71. The van der Waals surface area contributed by atoms with Gasteiger partial charge in [0.2, 0.25) is 0 Å². The molecule has 0 saturated heterocycles. The fourth-order valence-corrected chi connectivity index (χ4v) is 2.68. The van der Waals surface area contributed by atoms with E-state index in [9.17, 15) is 4.79 Å². The number of hydrogen-bond acceptors (Lipinski definition) is 3. The molecule has 3 nitrogen and oxygen atoms in total. The highest BCUT2D eigenvalue weighted by Crippen LogP contribution is 2.17. The van der Waals surface area contributed by atoms with Crippen LogP contribution in [-0.2, 0) is 6.42 Å². The first kappa shape index (κ1) is 15.6. The third-order valence-corrected chi connectivity index (χ3v) is 3.86. The zero-order chi connectivity index (χ0) is 15.1. The molecule has 0 aliphatic heterocycles. The fraction of sp³-hybridized carbons (Fsp3) is 0.188. The minimum absolute atomic E-state index is 0.159. The molecule has 0 atom stereocenters. The van der Waals surface area contributed by atoms with E-state index in [1.165, 1.54) is 5.56 Å². The minimum Gasteiger partial charge on any atom is -0.384 e. The summed E-state index contributed by atoms with van der Waals surface area (Å²) in [5.74, 6) is 5.09. The van der Waals surface area contributed by atoms with E-state index in [1.54, 1.807) is 29.5 Å². The quantitative estimate of drug-likeness (QED) is 0.851. The summed E-state index contributed by atoms with van der Waals surface area (Å²) in [5, 5.41) is 16.0. The summed E-state index contributed by atoms with van der Waals surface area (Å²) in [5.41, 5.74) is 2.31. The number of benzene rings is 1. The molecule has 21 heavy (non-hydrogen) atoms. The highest BCUT2D eigenvalue weighted by atomic mass is 35.5. The molecule has 1 heterocycles. The molecular weight excluding hydrogens is 306 g/mol. The standard InChI is InChI=1S/C16H14ClNO2S/c17-15-10-14(4-3-13(15)2-1-8-19)16(20)18-7-5-12-6-9-21-11-12/h3-4,6,9-11,19H,5,7-8H2,(H,18,20). The van der Waals surface area contributed by atoms with Crippen molar-refractivity contribution in [3.05, 3.63) is 56.7 Å². The van der Waals surface area contributed by atoms with Crippen LogP contribution in [0.3, 0.4) is 0 Å². The summed E-state index contributed by atoms with van der Waals surface area (Å²) in [6.07, 6.45) is 0.809. The summed E-state index contributed by atoms with van der Waals surface area (Å²) >= 11 is 7.71. The Labute approximate surface area is 132 Å². The van der Waals surface area contributed by atoms with Gasteiger partial charge in [0.1, 0.15) is 6.61 Å². The van der Waals surface area contributed by atoms with Gasteiger partial charge in [0, 0.05) is 17.7 Å². The number of nitrogens with one attached hydrogen (secondary N) is 1. The number of hydrogen-bond donors (Lipinski definition) is 2. The molecule has 0 fully saturated rings. The molecule has 0 spiro atoms. The van der Waals surface area contributed by atoms with Gasteiger partial charge in [0.15, 0.2) is 0 Å². The lowest BCUT2D eigenvalue weighted by Crippen LogP contribution is -2.25. The molecule has 0 aliphatic carbocycles. The second kappa shape index (κ2) is 7.84. The van der Waals surface area contributed by atoms with Gasteiger partial charge in [-0.1, -0.05) is 23.4 Å². The van der Waals surface area contributed by atoms with Crippen molar-refractivity contribution in [2.45, 2.75) is 6.42 Å². The Morgan fingerprint density at radius 2 is 2.24 bits per heavy atom. The van der Waals surface area contributed by atoms with Gasteiger partial charge in [-0.3, -0.25) is 4.79 Å². The number of halogens is 1. The van der Waals surface area contributed by atoms with Gasteiger partial charge in [-0.05, 0) is 47.0 Å². The van der Waals surface area contributed by atoms with Crippen LogP contribution in [0, 0.1) is 11.8 Å². The van der Waals surface area contributed by atoms with Gasteiger partial charge in [0.25, 0.3) is 5.91 Å². The lowest BCUT2D eigenvalue weighted by atomic mass is 10.1. The molecule has 2 rings (SSSR count). The predicted molar refractivity (Wildman–Crippen MR) is 85.8 cm³/mol. The maximum atomic E-state index is 12.0. The largest absolute Gasteiger partial charge is 0.384 e. The number of aliphatic hydroxyl groups is 1. The van der Waals surface area contributed by atoms with E-state index in [-0.39, 0.29) is 12.5 Å². The lowest BCUT2D eigenvalue weighted by Gasteiger charge is -2.05. The van der Waals surface area contributed by atoms with E-state index in [0.717, 1.165) is 6.42 Å². The number of rotatable bonds is 4. The molecule has 0 unspecified atom stereocenters. The Bertz CT molecular complexity index is 671. The molecule has 1 aromatic carbocycles. The van der Waals surface area contributed by atoms with E-state index in [4.69, 9.17) is 16.7 Å². The first-order valence-electron chi connectivity index (χ1n) is 6.39. The van der Waals surface area contributed by atoms with Crippen LogP contribution in [0.2, 0.25) is 5.02 Å². The van der Waals surface area contributed by atoms with E-state index in [1.807, 2.05) is 11.4 Å². The van der Waals surface area contributed by atoms with Crippen molar-refractivity contribution in [2.75, 3.05) is 13.2 Å². The van der Waals surface area contributed by atoms with Crippen molar-refractivity contribution >= 4 is 28.8 Å². The average Bonchev–Trinajstić information content (AvgIpc) is 2.99. The first-order chi connectivity index (χ1) is 10.2. The summed E-state index contributed by atoms with van der Waals surface area (Å²) < 4.78 is 0. The molecule has 1 amide bonds. The smallest absolute Gasteiger partial charge is 0.251 e. The van der Waals surface area contributed by atoms with Gasteiger partial charge in [-0.15, -0.1) is 0 Å². The molecule has 2 N–H and O–H groups in total. The van der Waals surface area contributed by atoms with E-state index >= 15 is 0 Å². The van der Waals surface area contributed by atoms with Gasteiger partial charge < -0.3 is 10.4 Å². The van der Waals surface area contributed by atoms with Crippen LogP contribution < -0.4 is 5.32 Å². The van der Waals surface area contributed by atoms with Crippen LogP contribution in [0.25, 0.3) is 0 Å². The number of aliphatic hydroxyl groups excluding tert-OH is 1. The van der Waals surface area contributed by atoms with Gasteiger partial charge in [0.05, 0.1) is 5.02 Å². The molecule has 0 saturated carbocycles. The number of thiophene rings is 1. The highest BCUT2D eigenvalue weighted by Gasteiger charge is 2.07. The number of carbonyl (C=O) groups excluding carboxylic acids is 1. The number of amides is 1. The van der Waals surface area contributed by atoms with Crippen molar-refractivity contribution in [1.82, 2.24) is 5.32 Å².